The molecule has 0 aliphatic carbocycles. The number of piperidine rings is 1. The van der Waals surface area contributed by atoms with Crippen molar-refractivity contribution in [2.75, 3.05) is 44.7 Å². The maximum Gasteiger partial charge on any atom is 0.191 e. The molecule has 0 saturated carbocycles. The first-order valence-corrected chi connectivity index (χ1v) is 10.2. The molecule has 5 nitrogen and oxygen atoms in total. The van der Waals surface area contributed by atoms with Crippen LogP contribution in [0.5, 0.6) is 0 Å². The maximum absolute atomic E-state index is 4.44. The fourth-order valence-corrected chi connectivity index (χ4v) is 4.14. The predicted molar refractivity (Wildman–Crippen MR) is 126 cm³/mol. The SMILES string of the molecule is CN=C(NCC(C)N1CCCC(C)C1)NC1CCN(c2ccccc2)C1.I. The van der Waals surface area contributed by atoms with E-state index in [0.717, 1.165) is 37.9 Å². The molecule has 0 spiro atoms. The van der Waals surface area contributed by atoms with Gasteiger partial charge in [0.15, 0.2) is 5.96 Å². The highest BCUT2D eigenvalue weighted by atomic mass is 127. The van der Waals surface area contributed by atoms with Crippen molar-refractivity contribution in [1.29, 1.82) is 0 Å². The third-order valence-corrected chi connectivity index (χ3v) is 5.75. The second kappa shape index (κ2) is 11.1. The summed E-state index contributed by atoms with van der Waals surface area (Å²) in [5, 5.41) is 7.15. The Balaban J connectivity index is 0.00000261. The first-order chi connectivity index (χ1) is 12.7. The number of guanidine groups is 1. The van der Waals surface area contributed by atoms with Crippen molar-refractivity contribution in [3.05, 3.63) is 30.3 Å². The smallest absolute Gasteiger partial charge is 0.191 e. The number of nitrogens with zero attached hydrogens (tertiary/aromatic N) is 3. The van der Waals surface area contributed by atoms with Crippen LogP contribution in [0.4, 0.5) is 5.69 Å². The second-order valence-electron chi connectivity index (χ2n) is 7.96. The van der Waals surface area contributed by atoms with Gasteiger partial charge in [0, 0.05) is 51.0 Å². The van der Waals surface area contributed by atoms with E-state index in [2.05, 4.69) is 69.6 Å². The number of halogens is 1. The van der Waals surface area contributed by atoms with Crippen molar-refractivity contribution in [1.82, 2.24) is 15.5 Å². The van der Waals surface area contributed by atoms with E-state index < -0.39 is 0 Å². The molecule has 0 radical (unpaired) electrons. The molecule has 2 aliphatic rings. The lowest BCUT2D eigenvalue weighted by atomic mass is 9.99. The minimum absolute atomic E-state index is 0. The van der Waals surface area contributed by atoms with Crippen molar-refractivity contribution < 1.29 is 0 Å². The maximum atomic E-state index is 4.44. The Hall–Kier alpha value is -1.02. The zero-order valence-electron chi connectivity index (χ0n) is 17.0. The van der Waals surface area contributed by atoms with Crippen LogP contribution in [-0.4, -0.2) is 62.7 Å². The summed E-state index contributed by atoms with van der Waals surface area (Å²) < 4.78 is 0. The molecule has 0 amide bonds. The molecule has 2 aliphatic heterocycles. The molecular weight excluding hydrogens is 449 g/mol. The van der Waals surface area contributed by atoms with Gasteiger partial charge < -0.3 is 15.5 Å². The van der Waals surface area contributed by atoms with Gasteiger partial charge in [-0.3, -0.25) is 9.89 Å². The van der Waals surface area contributed by atoms with Gasteiger partial charge in [-0.15, -0.1) is 24.0 Å². The number of benzene rings is 1. The molecule has 6 heteroatoms. The third-order valence-electron chi connectivity index (χ3n) is 5.75. The van der Waals surface area contributed by atoms with Gasteiger partial charge in [0.2, 0.25) is 0 Å². The number of hydrogen-bond acceptors (Lipinski definition) is 3. The Bertz CT molecular complexity index is 579. The molecule has 27 heavy (non-hydrogen) atoms. The Kier molecular flexibility index (Phi) is 9.15. The van der Waals surface area contributed by atoms with Crippen molar-refractivity contribution >= 4 is 35.6 Å². The van der Waals surface area contributed by atoms with Gasteiger partial charge in [-0.05, 0) is 50.8 Å². The summed E-state index contributed by atoms with van der Waals surface area (Å²) in [4.78, 5) is 9.50. The summed E-state index contributed by atoms with van der Waals surface area (Å²) in [7, 11) is 1.87. The number of anilines is 1. The standard InChI is InChI=1S/C21H35N5.HI/c1-17-8-7-12-25(15-17)18(2)14-23-21(22-3)24-19-11-13-26(16-19)20-9-5-4-6-10-20;/h4-6,9-10,17-19H,7-8,11-16H2,1-3H3,(H2,22,23,24);1H. The number of aliphatic imine (C=N–C) groups is 1. The summed E-state index contributed by atoms with van der Waals surface area (Å²) >= 11 is 0. The molecule has 1 aromatic carbocycles. The summed E-state index contributed by atoms with van der Waals surface area (Å²) in [5.41, 5.74) is 1.31. The normalized spacial score (nSPS) is 25.0. The Labute approximate surface area is 182 Å². The van der Waals surface area contributed by atoms with E-state index in [4.69, 9.17) is 0 Å². The molecule has 3 atom stereocenters. The van der Waals surface area contributed by atoms with Crippen molar-refractivity contribution in [3.63, 3.8) is 0 Å². The van der Waals surface area contributed by atoms with Crippen LogP contribution >= 0.6 is 24.0 Å². The summed E-state index contributed by atoms with van der Waals surface area (Å²) in [6.07, 6.45) is 3.85. The highest BCUT2D eigenvalue weighted by Gasteiger charge is 2.24. The molecule has 2 saturated heterocycles. The largest absolute Gasteiger partial charge is 0.369 e. The minimum Gasteiger partial charge on any atom is -0.369 e. The quantitative estimate of drug-likeness (QED) is 0.382. The second-order valence-corrected chi connectivity index (χ2v) is 7.96. The minimum atomic E-state index is 0. The van der Waals surface area contributed by atoms with E-state index >= 15 is 0 Å². The van der Waals surface area contributed by atoms with Crippen LogP contribution in [0, 0.1) is 5.92 Å². The van der Waals surface area contributed by atoms with Crippen LogP contribution in [0.3, 0.4) is 0 Å². The van der Waals surface area contributed by atoms with Crippen LogP contribution in [0.2, 0.25) is 0 Å². The lowest BCUT2D eigenvalue weighted by Gasteiger charge is -2.35. The number of rotatable bonds is 5. The molecule has 2 N–H and O–H groups in total. The molecule has 0 bridgehead atoms. The van der Waals surface area contributed by atoms with Crippen molar-refractivity contribution in [2.45, 2.75) is 45.2 Å². The average Bonchev–Trinajstić information content (AvgIpc) is 3.14. The molecule has 2 heterocycles. The molecular formula is C21H36IN5. The van der Waals surface area contributed by atoms with Crippen molar-refractivity contribution in [3.8, 4) is 0 Å². The van der Waals surface area contributed by atoms with Crippen LogP contribution in [-0.2, 0) is 0 Å². The monoisotopic (exact) mass is 485 g/mol. The van der Waals surface area contributed by atoms with E-state index in [1.165, 1.54) is 31.6 Å². The fraction of sp³-hybridized carbons (Fsp3) is 0.667. The number of likely N-dealkylation sites (tertiary alicyclic amines) is 1. The van der Waals surface area contributed by atoms with Crippen molar-refractivity contribution in [2.24, 2.45) is 10.9 Å². The van der Waals surface area contributed by atoms with Crippen LogP contribution < -0.4 is 15.5 Å². The number of para-hydroxylation sites is 1. The van der Waals surface area contributed by atoms with Gasteiger partial charge in [-0.2, -0.15) is 0 Å². The Morgan fingerprint density at radius 3 is 2.67 bits per heavy atom. The van der Waals surface area contributed by atoms with E-state index in [1.807, 2.05) is 7.05 Å². The van der Waals surface area contributed by atoms with E-state index in [-0.39, 0.29) is 24.0 Å². The molecule has 0 aromatic heterocycles. The van der Waals surface area contributed by atoms with E-state index in [9.17, 15) is 0 Å². The van der Waals surface area contributed by atoms with Crippen LogP contribution in [0.1, 0.15) is 33.1 Å². The summed E-state index contributed by atoms with van der Waals surface area (Å²) in [5.74, 6) is 1.76. The Morgan fingerprint density at radius 2 is 1.96 bits per heavy atom. The molecule has 152 valence electrons. The Morgan fingerprint density at radius 1 is 1.19 bits per heavy atom. The van der Waals surface area contributed by atoms with E-state index in [0.29, 0.717) is 12.1 Å². The number of hydrogen-bond donors (Lipinski definition) is 2. The zero-order chi connectivity index (χ0) is 18.4. The highest BCUT2D eigenvalue weighted by Crippen LogP contribution is 2.20. The molecule has 3 rings (SSSR count). The van der Waals surface area contributed by atoms with Gasteiger partial charge in [-0.1, -0.05) is 25.1 Å². The molecule has 3 unspecified atom stereocenters. The summed E-state index contributed by atoms with van der Waals surface area (Å²) in [6.45, 7) is 10.2. The lowest BCUT2D eigenvalue weighted by molar-refractivity contribution is 0.139. The predicted octanol–water partition coefficient (Wildman–Crippen LogP) is 3.17. The zero-order valence-corrected chi connectivity index (χ0v) is 19.4. The average molecular weight is 485 g/mol. The van der Waals surface area contributed by atoms with E-state index in [1.54, 1.807) is 0 Å². The topological polar surface area (TPSA) is 42.9 Å². The van der Waals surface area contributed by atoms with Gasteiger partial charge >= 0.3 is 0 Å². The molecule has 1 aromatic rings. The summed E-state index contributed by atoms with van der Waals surface area (Å²) in [6, 6.07) is 11.7. The first kappa shape index (κ1) is 22.3. The van der Waals surface area contributed by atoms with Gasteiger partial charge in [0.05, 0.1) is 0 Å². The lowest BCUT2D eigenvalue weighted by Crippen LogP contribution is -2.50. The van der Waals surface area contributed by atoms with Gasteiger partial charge in [0.1, 0.15) is 0 Å². The molecule has 2 fully saturated rings. The van der Waals surface area contributed by atoms with Gasteiger partial charge in [-0.25, -0.2) is 0 Å². The highest BCUT2D eigenvalue weighted by molar-refractivity contribution is 14.0. The first-order valence-electron chi connectivity index (χ1n) is 10.2. The fourth-order valence-electron chi connectivity index (χ4n) is 4.14. The van der Waals surface area contributed by atoms with Gasteiger partial charge in [0.25, 0.3) is 0 Å². The van der Waals surface area contributed by atoms with Crippen LogP contribution in [0.25, 0.3) is 0 Å². The third kappa shape index (κ3) is 6.52. The number of nitrogens with one attached hydrogen (secondary N) is 2. The van der Waals surface area contributed by atoms with Crippen LogP contribution in [0.15, 0.2) is 35.3 Å².